The minimum atomic E-state index is 0.525. The number of nitrogens with zero attached hydrogens (tertiary/aromatic N) is 4. The molecule has 7 nitrogen and oxygen atoms in total. The molecule has 154 valence electrons. The number of aryl methyl sites for hydroxylation is 1. The molecule has 0 saturated carbocycles. The van der Waals surface area contributed by atoms with Crippen LogP contribution in [0.5, 0.6) is 0 Å². The van der Waals surface area contributed by atoms with Gasteiger partial charge in [-0.2, -0.15) is 9.97 Å². The number of thiocarbonyl (C=S) groups is 1. The molecule has 0 radical (unpaired) electrons. The van der Waals surface area contributed by atoms with Crippen molar-refractivity contribution in [3.8, 4) is 0 Å². The van der Waals surface area contributed by atoms with E-state index in [9.17, 15) is 0 Å². The van der Waals surface area contributed by atoms with Crippen LogP contribution in [0.2, 0.25) is 0 Å². The number of hydrogen-bond donors (Lipinski definition) is 2. The van der Waals surface area contributed by atoms with Crippen LogP contribution in [-0.4, -0.2) is 54.5 Å². The zero-order chi connectivity index (χ0) is 20.1. The van der Waals surface area contributed by atoms with E-state index in [1.54, 1.807) is 0 Å². The average molecular weight is 413 g/mol. The Balaban J connectivity index is 1.46. The van der Waals surface area contributed by atoms with Crippen molar-refractivity contribution in [2.75, 3.05) is 54.5 Å². The van der Waals surface area contributed by atoms with Gasteiger partial charge in [-0.3, -0.25) is 0 Å². The van der Waals surface area contributed by atoms with Gasteiger partial charge in [0.05, 0.1) is 13.2 Å². The highest BCUT2D eigenvalue weighted by atomic mass is 32.1. The minimum absolute atomic E-state index is 0.525. The number of nitrogens with one attached hydrogen (secondary N) is 2. The van der Waals surface area contributed by atoms with Crippen LogP contribution in [0.25, 0.3) is 0 Å². The Morgan fingerprint density at radius 3 is 2.28 bits per heavy atom. The second-order valence-corrected chi connectivity index (χ2v) is 7.90. The van der Waals surface area contributed by atoms with E-state index in [0.717, 1.165) is 51.0 Å². The first kappa shape index (κ1) is 19.8. The number of rotatable bonds is 5. The van der Waals surface area contributed by atoms with E-state index in [2.05, 4.69) is 57.7 Å². The van der Waals surface area contributed by atoms with Crippen molar-refractivity contribution < 1.29 is 4.74 Å². The molecular weight excluding hydrogens is 384 g/mol. The Bertz CT molecular complexity index is 832. The van der Waals surface area contributed by atoms with Crippen LogP contribution in [0.15, 0.2) is 30.3 Å². The predicted octanol–water partition coefficient (Wildman–Crippen LogP) is 2.71. The number of aromatic nitrogens is 2. The molecule has 1 aromatic carbocycles. The van der Waals surface area contributed by atoms with E-state index in [1.165, 1.54) is 24.0 Å². The Morgan fingerprint density at radius 2 is 1.62 bits per heavy atom. The van der Waals surface area contributed by atoms with Crippen molar-refractivity contribution in [1.82, 2.24) is 15.3 Å². The van der Waals surface area contributed by atoms with Crippen LogP contribution >= 0.6 is 12.2 Å². The molecule has 2 aliphatic heterocycles. The molecule has 2 aromatic rings. The average Bonchev–Trinajstić information content (AvgIpc) is 3.29. The minimum Gasteiger partial charge on any atom is -0.378 e. The monoisotopic (exact) mass is 412 g/mol. The van der Waals surface area contributed by atoms with E-state index in [-0.39, 0.29) is 0 Å². The summed E-state index contributed by atoms with van der Waals surface area (Å²) in [4.78, 5) is 14.0. The topological polar surface area (TPSA) is 65.6 Å². The van der Waals surface area contributed by atoms with Crippen molar-refractivity contribution >= 4 is 34.9 Å². The molecule has 0 aliphatic carbocycles. The van der Waals surface area contributed by atoms with E-state index in [1.807, 2.05) is 0 Å². The highest BCUT2D eigenvalue weighted by Crippen LogP contribution is 2.24. The van der Waals surface area contributed by atoms with Gasteiger partial charge in [0.25, 0.3) is 0 Å². The fourth-order valence-corrected chi connectivity index (χ4v) is 3.74. The first-order valence-corrected chi connectivity index (χ1v) is 10.7. The number of ether oxygens (including phenoxy) is 1. The number of hydrogen-bond acceptors (Lipinski definition) is 6. The molecule has 2 fully saturated rings. The summed E-state index contributed by atoms with van der Waals surface area (Å²) < 4.78 is 5.49. The smallest absolute Gasteiger partial charge is 0.232 e. The Morgan fingerprint density at radius 1 is 1.00 bits per heavy atom. The Labute approximate surface area is 177 Å². The first-order valence-electron chi connectivity index (χ1n) is 10.2. The number of anilines is 3. The zero-order valence-electron chi connectivity index (χ0n) is 16.9. The predicted molar refractivity (Wildman–Crippen MR) is 121 cm³/mol. The van der Waals surface area contributed by atoms with E-state index in [4.69, 9.17) is 26.9 Å². The van der Waals surface area contributed by atoms with Crippen LogP contribution in [-0.2, 0) is 11.3 Å². The lowest BCUT2D eigenvalue weighted by Gasteiger charge is -2.29. The lowest BCUT2D eigenvalue weighted by molar-refractivity contribution is 0.122. The molecule has 2 N–H and O–H groups in total. The Kier molecular flexibility index (Phi) is 6.41. The van der Waals surface area contributed by atoms with Crippen LogP contribution < -0.4 is 20.4 Å². The third-order valence-corrected chi connectivity index (χ3v) is 5.51. The first-order chi connectivity index (χ1) is 14.2. The summed E-state index contributed by atoms with van der Waals surface area (Å²) in [5.41, 5.74) is 2.43. The summed E-state index contributed by atoms with van der Waals surface area (Å²) >= 11 is 5.49. The maximum Gasteiger partial charge on any atom is 0.232 e. The van der Waals surface area contributed by atoms with Gasteiger partial charge in [0, 0.05) is 38.8 Å². The van der Waals surface area contributed by atoms with Crippen molar-refractivity contribution in [3.05, 3.63) is 41.5 Å². The SMILES string of the molecule is Cc1ccc(CNC(=S)Nc2nc(N3CCCC3)cc(N3CCOCC3)n2)cc1. The summed E-state index contributed by atoms with van der Waals surface area (Å²) in [7, 11) is 0. The van der Waals surface area contributed by atoms with E-state index < -0.39 is 0 Å². The standard InChI is InChI=1S/C21H28N6OS/c1-16-4-6-17(7-5-16)15-22-21(29)25-20-23-18(26-8-2-3-9-26)14-19(24-20)27-10-12-28-13-11-27/h4-7,14H,2-3,8-13,15H2,1H3,(H2,22,23,24,25,29). The van der Waals surface area contributed by atoms with Gasteiger partial charge in [0.15, 0.2) is 5.11 Å². The molecule has 1 aromatic heterocycles. The van der Waals surface area contributed by atoms with E-state index >= 15 is 0 Å². The summed E-state index contributed by atoms with van der Waals surface area (Å²) in [5.74, 6) is 2.43. The van der Waals surface area contributed by atoms with Gasteiger partial charge >= 0.3 is 0 Å². The van der Waals surface area contributed by atoms with Gasteiger partial charge in [-0.15, -0.1) is 0 Å². The van der Waals surface area contributed by atoms with Crippen molar-refractivity contribution in [1.29, 1.82) is 0 Å². The third kappa shape index (κ3) is 5.33. The molecule has 3 heterocycles. The second-order valence-electron chi connectivity index (χ2n) is 7.49. The van der Waals surface area contributed by atoms with Crippen molar-refractivity contribution in [3.63, 3.8) is 0 Å². The lowest BCUT2D eigenvalue weighted by Crippen LogP contribution is -2.37. The molecule has 0 unspecified atom stereocenters. The van der Waals surface area contributed by atoms with Crippen LogP contribution in [0.1, 0.15) is 24.0 Å². The fraction of sp³-hybridized carbons (Fsp3) is 0.476. The van der Waals surface area contributed by atoms with Gasteiger partial charge < -0.3 is 25.2 Å². The third-order valence-electron chi connectivity index (χ3n) is 5.26. The molecule has 29 heavy (non-hydrogen) atoms. The molecule has 0 amide bonds. The van der Waals surface area contributed by atoms with E-state index in [0.29, 0.717) is 17.6 Å². The Hall–Kier alpha value is -2.45. The van der Waals surface area contributed by atoms with Gasteiger partial charge in [0.1, 0.15) is 11.6 Å². The lowest BCUT2D eigenvalue weighted by atomic mass is 10.1. The van der Waals surface area contributed by atoms with Crippen LogP contribution in [0.3, 0.4) is 0 Å². The summed E-state index contributed by atoms with van der Waals surface area (Å²) in [5, 5.41) is 6.95. The van der Waals surface area contributed by atoms with Crippen LogP contribution in [0, 0.1) is 6.92 Å². The van der Waals surface area contributed by atoms with Crippen molar-refractivity contribution in [2.24, 2.45) is 0 Å². The maximum atomic E-state index is 5.49. The molecule has 4 rings (SSSR count). The highest BCUT2D eigenvalue weighted by molar-refractivity contribution is 7.80. The van der Waals surface area contributed by atoms with Crippen LogP contribution in [0.4, 0.5) is 17.6 Å². The summed E-state index contributed by atoms with van der Waals surface area (Å²) in [6.45, 7) is 7.95. The maximum absolute atomic E-state index is 5.49. The second kappa shape index (κ2) is 9.37. The quantitative estimate of drug-likeness (QED) is 0.727. The fourth-order valence-electron chi connectivity index (χ4n) is 3.57. The molecule has 0 spiro atoms. The highest BCUT2D eigenvalue weighted by Gasteiger charge is 2.20. The normalized spacial score (nSPS) is 16.7. The molecule has 0 atom stereocenters. The largest absolute Gasteiger partial charge is 0.378 e. The molecule has 0 bridgehead atoms. The molecule has 8 heteroatoms. The van der Waals surface area contributed by atoms with Gasteiger partial charge in [-0.05, 0) is 37.5 Å². The summed E-state index contributed by atoms with van der Waals surface area (Å²) in [6, 6.07) is 10.5. The molecule has 2 saturated heterocycles. The van der Waals surface area contributed by atoms with Gasteiger partial charge in [-0.1, -0.05) is 29.8 Å². The number of benzene rings is 1. The number of morpholine rings is 1. The zero-order valence-corrected chi connectivity index (χ0v) is 17.7. The molecular formula is C21H28N6OS. The summed E-state index contributed by atoms with van der Waals surface area (Å²) in [6.07, 6.45) is 2.41. The van der Waals surface area contributed by atoms with Crippen molar-refractivity contribution in [2.45, 2.75) is 26.3 Å². The molecule has 2 aliphatic rings. The van der Waals surface area contributed by atoms with Gasteiger partial charge in [-0.25, -0.2) is 0 Å². The van der Waals surface area contributed by atoms with Gasteiger partial charge in [0.2, 0.25) is 5.95 Å².